The molecule has 1 rings (SSSR count). The van der Waals surface area contributed by atoms with Gasteiger partial charge < -0.3 is 15.8 Å². The summed E-state index contributed by atoms with van der Waals surface area (Å²) < 4.78 is 5.02. The third kappa shape index (κ3) is 7.38. The molecule has 1 aliphatic rings. The van der Waals surface area contributed by atoms with Gasteiger partial charge in [-0.05, 0) is 26.3 Å². The minimum Gasteiger partial charge on any atom is -0.383 e. The van der Waals surface area contributed by atoms with Crippen LogP contribution in [-0.4, -0.2) is 56.3 Å². The molecular formula is C12H27IN4O. The molecule has 0 amide bonds. The molecule has 1 fully saturated rings. The van der Waals surface area contributed by atoms with Gasteiger partial charge in [0.2, 0.25) is 0 Å². The Morgan fingerprint density at radius 3 is 2.72 bits per heavy atom. The second kappa shape index (κ2) is 9.80. The molecule has 1 aliphatic carbocycles. The summed E-state index contributed by atoms with van der Waals surface area (Å²) in [7, 11) is 1.68. The Morgan fingerprint density at radius 1 is 1.56 bits per heavy atom. The molecule has 1 saturated carbocycles. The highest BCUT2D eigenvalue weighted by Gasteiger charge is 2.26. The summed E-state index contributed by atoms with van der Waals surface area (Å²) in [5.41, 5.74) is 5.79. The van der Waals surface area contributed by atoms with Gasteiger partial charge in [0.1, 0.15) is 0 Å². The van der Waals surface area contributed by atoms with Crippen molar-refractivity contribution in [3.8, 4) is 0 Å². The standard InChI is InChI=1S/C12H26N4O.HI/c1-4-16(11-5-6-11)8-7-14-12(13)15-10(2)9-17-3;/h10-11H,4-9H2,1-3H3,(H3,13,14,15);1H. The fourth-order valence-corrected chi connectivity index (χ4v) is 1.93. The first kappa shape index (κ1) is 17.9. The van der Waals surface area contributed by atoms with E-state index < -0.39 is 0 Å². The van der Waals surface area contributed by atoms with Crippen LogP contribution in [0.5, 0.6) is 0 Å². The molecule has 0 spiro atoms. The number of ether oxygens (including phenoxy) is 1. The summed E-state index contributed by atoms with van der Waals surface area (Å²) in [5.74, 6) is 0.515. The van der Waals surface area contributed by atoms with Gasteiger partial charge in [-0.2, -0.15) is 0 Å². The van der Waals surface area contributed by atoms with Gasteiger partial charge in [-0.1, -0.05) is 6.92 Å². The highest BCUT2D eigenvalue weighted by atomic mass is 127. The predicted molar refractivity (Wildman–Crippen MR) is 86.6 cm³/mol. The van der Waals surface area contributed by atoms with E-state index in [1.165, 1.54) is 12.8 Å². The molecule has 6 heteroatoms. The molecule has 0 saturated heterocycles. The summed E-state index contributed by atoms with van der Waals surface area (Å²) in [6.07, 6.45) is 2.69. The van der Waals surface area contributed by atoms with Gasteiger partial charge in [-0.15, -0.1) is 24.0 Å². The molecule has 108 valence electrons. The summed E-state index contributed by atoms with van der Waals surface area (Å²) >= 11 is 0. The highest BCUT2D eigenvalue weighted by Crippen LogP contribution is 2.25. The highest BCUT2D eigenvalue weighted by molar-refractivity contribution is 14.0. The Labute approximate surface area is 128 Å². The zero-order valence-corrected chi connectivity index (χ0v) is 14.0. The van der Waals surface area contributed by atoms with E-state index in [0.29, 0.717) is 12.6 Å². The molecule has 18 heavy (non-hydrogen) atoms. The van der Waals surface area contributed by atoms with E-state index >= 15 is 0 Å². The number of methoxy groups -OCH3 is 1. The molecule has 5 nitrogen and oxygen atoms in total. The smallest absolute Gasteiger partial charge is 0.188 e. The Morgan fingerprint density at radius 2 is 2.22 bits per heavy atom. The monoisotopic (exact) mass is 370 g/mol. The average molecular weight is 370 g/mol. The lowest BCUT2D eigenvalue weighted by molar-refractivity contribution is 0.179. The number of nitrogens with one attached hydrogen (secondary N) is 1. The zero-order valence-electron chi connectivity index (χ0n) is 11.7. The fraction of sp³-hybridized carbons (Fsp3) is 0.917. The molecule has 0 radical (unpaired) electrons. The van der Waals surface area contributed by atoms with Gasteiger partial charge in [0, 0.05) is 25.7 Å². The van der Waals surface area contributed by atoms with Crippen molar-refractivity contribution in [2.75, 3.05) is 33.4 Å². The third-order valence-corrected chi connectivity index (χ3v) is 2.95. The molecule has 0 heterocycles. The molecular weight excluding hydrogens is 343 g/mol. The van der Waals surface area contributed by atoms with Crippen molar-refractivity contribution in [1.82, 2.24) is 10.2 Å². The number of rotatable bonds is 8. The van der Waals surface area contributed by atoms with Crippen molar-refractivity contribution < 1.29 is 4.74 Å². The first-order valence-corrected chi connectivity index (χ1v) is 6.46. The predicted octanol–water partition coefficient (Wildman–Crippen LogP) is 1.03. The van der Waals surface area contributed by atoms with E-state index in [1.807, 2.05) is 6.92 Å². The van der Waals surface area contributed by atoms with Gasteiger partial charge in [0.15, 0.2) is 5.96 Å². The first-order valence-electron chi connectivity index (χ1n) is 6.46. The Balaban J connectivity index is 0.00000289. The maximum absolute atomic E-state index is 5.79. The van der Waals surface area contributed by atoms with Crippen LogP contribution >= 0.6 is 24.0 Å². The summed E-state index contributed by atoms with van der Waals surface area (Å²) in [5, 5.41) is 3.10. The van der Waals surface area contributed by atoms with Crippen LogP contribution in [0.15, 0.2) is 4.99 Å². The fourth-order valence-electron chi connectivity index (χ4n) is 1.93. The molecule has 3 N–H and O–H groups in total. The van der Waals surface area contributed by atoms with Crippen LogP contribution in [0.2, 0.25) is 0 Å². The van der Waals surface area contributed by atoms with Gasteiger partial charge in [-0.3, -0.25) is 9.89 Å². The Bertz CT molecular complexity index is 246. The lowest BCUT2D eigenvalue weighted by Crippen LogP contribution is -2.41. The number of hydrogen-bond acceptors (Lipinski definition) is 3. The van der Waals surface area contributed by atoms with Crippen molar-refractivity contribution in [2.45, 2.75) is 38.8 Å². The van der Waals surface area contributed by atoms with Crippen molar-refractivity contribution in [3.05, 3.63) is 0 Å². The van der Waals surface area contributed by atoms with E-state index in [9.17, 15) is 0 Å². The number of hydrogen-bond donors (Lipinski definition) is 2. The minimum absolute atomic E-state index is 0. The van der Waals surface area contributed by atoms with E-state index in [0.717, 1.165) is 25.7 Å². The summed E-state index contributed by atoms with van der Waals surface area (Å²) in [4.78, 5) is 6.80. The summed E-state index contributed by atoms with van der Waals surface area (Å²) in [6.45, 7) is 7.73. The summed E-state index contributed by atoms with van der Waals surface area (Å²) in [6, 6.07) is 1.01. The van der Waals surface area contributed by atoms with Crippen LogP contribution in [0.3, 0.4) is 0 Å². The average Bonchev–Trinajstić information content (AvgIpc) is 3.08. The molecule has 0 bridgehead atoms. The maximum atomic E-state index is 5.79. The molecule has 0 aromatic heterocycles. The molecule has 0 aromatic carbocycles. The van der Waals surface area contributed by atoms with Crippen molar-refractivity contribution in [2.24, 2.45) is 10.7 Å². The number of nitrogens with two attached hydrogens (primary N) is 1. The largest absolute Gasteiger partial charge is 0.383 e. The number of guanidine groups is 1. The van der Waals surface area contributed by atoms with Crippen LogP contribution in [0.25, 0.3) is 0 Å². The van der Waals surface area contributed by atoms with E-state index in [1.54, 1.807) is 7.11 Å². The van der Waals surface area contributed by atoms with Gasteiger partial charge in [0.05, 0.1) is 13.2 Å². The second-order valence-corrected chi connectivity index (χ2v) is 4.63. The number of halogens is 1. The van der Waals surface area contributed by atoms with Crippen LogP contribution in [-0.2, 0) is 4.74 Å². The van der Waals surface area contributed by atoms with E-state index in [4.69, 9.17) is 10.5 Å². The Hall–Kier alpha value is -0.0800. The van der Waals surface area contributed by atoms with Crippen LogP contribution in [0.1, 0.15) is 26.7 Å². The SMILES string of the molecule is CCN(CCN=C(N)NC(C)COC)C1CC1.I. The van der Waals surface area contributed by atoms with Crippen molar-refractivity contribution in [1.29, 1.82) is 0 Å². The van der Waals surface area contributed by atoms with Crippen LogP contribution in [0.4, 0.5) is 0 Å². The van der Waals surface area contributed by atoms with Crippen molar-refractivity contribution >= 4 is 29.9 Å². The molecule has 1 atom stereocenters. The Kier molecular flexibility index (Phi) is 9.76. The third-order valence-electron chi connectivity index (χ3n) is 2.95. The normalized spacial score (nSPS) is 17.4. The van der Waals surface area contributed by atoms with Gasteiger partial charge >= 0.3 is 0 Å². The maximum Gasteiger partial charge on any atom is 0.188 e. The zero-order chi connectivity index (χ0) is 12.7. The second-order valence-electron chi connectivity index (χ2n) is 4.63. The van der Waals surface area contributed by atoms with Crippen LogP contribution in [0, 0.1) is 0 Å². The van der Waals surface area contributed by atoms with Crippen LogP contribution < -0.4 is 11.1 Å². The first-order chi connectivity index (χ1) is 8.17. The lowest BCUT2D eigenvalue weighted by Gasteiger charge is -2.18. The number of aliphatic imine (C=N–C) groups is 1. The minimum atomic E-state index is 0. The van der Waals surface area contributed by atoms with Gasteiger partial charge in [-0.25, -0.2) is 0 Å². The van der Waals surface area contributed by atoms with Crippen molar-refractivity contribution in [3.63, 3.8) is 0 Å². The molecule has 1 unspecified atom stereocenters. The topological polar surface area (TPSA) is 62.9 Å². The lowest BCUT2D eigenvalue weighted by atomic mass is 10.4. The molecule has 0 aromatic rings. The molecule has 0 aliphatic heterocycles. The van der Waals surface area contributed by atoms with E-state index in [-0.39, 0.29) is 30.0 Å². The van der Waals surface area contributed by atoms with E-state index in [2.05, 4.69) is 22.1 Å². The van der Waals surface area contributed by atoms with Gasteiger partial charge in [0.25, 0.3) is 0 Å². The quantitative estimate of drug-likeness (QED) is 0.381. The number of nitrogens with zero attached hydrogens (tertiary/aromatic N) is 2. The number of likely N-dealkylation sites (N-methyl/N-ethyl adjacent to an activating group) is 1.